The summed E-state index contributed by atoms with van der Waals surface area (Å²) in [6.07, 6.45) is 0. The zero-order valence-electron chi connectivity index (χ0n) is 15.5. The molecule has 0 saturated heterocycles. The number of halogens is 1. The van der Waals surface area contributed by atoms with E-state index in [0.29, 0.717) is 22.4 Å². The average molecular weight is 421 g/mol. The van der Waals surface area contributed by atoms with Crippen molar-refractivity contribution < 1.29 is 17.6 Å². The second-order valence-corrected chi connectivity index (χ2v) is 8.12. The van der Waals surface area contributed by atoms with Gasteiger partial charge in [0.1, 0.15) is 11.5 Å². The normalized spacial score (nSPS) is 11.2. The highest BCUT2D eigenvalue weighted by Crippen LogP contribution is 2.27. The topological polar surface area (TPSA) is 91.9 Å². The number of sulfonamides is 1. The fraction of sp³-hybridized carbons (Fsp3) is 0. The maximum Gasteiger partial charge on any atom is 0.283 e. The highest BCUT2D eigenvalue weighted by atomic mass is 32.2. The quantitative estimate of drug-likeness (QED) is 0.509. The Balaban J connectivity index is 1.61. The number of nitrogens with one attached hydrogen (secondary N) is 2. The SMILES string of the molecule is O=C(NS(=O)(=O)c1ccccc1-c1ccccc1)c1cc(-c2ccc(F)cc2)n[nH]1. The molecule has 8 heteroatoms. The number of aromatic amines is 1. The molecule has 0 aliphatic heterocycles. The van der Waals surface area contributed by atoms with E-state index in [2.05, 4.69) is 14.9 Å². The number of hydrogen-bond donors (Lipinski definition) is 2. The highest BCUT2D eigenvalue weighted by molar-refractivity contribution is 7.90. The van der Waals surface area contributed by atoms with Gasteiger partial charge >= 0.3 is 0 Å². The van der Waals surface area contributed by atoms with Gasteiger partial charge in [-0.25, -0.2) is 17.5 Å². The van der Waals surface area contributed by atoms with Gasteiger partial charge in [0.05, 0.1) is 10.6 Å². The summed E-state index contributed by atoms with van der Waals surface area (Å²) in [5, 5.41) is 6.52. The molecular weight excluding hydrogens is 405 g/mol. The molecule has 0 spiro atoms. The zero-order chi connectivity index (χ0) is 21.1. The Bertz CT molecular complexity index is 1300. The molecule has 6 nitrogen and oxygen atoms in total. The summed E-state index contributed by atoms with van der Waals surface area (Å²) < 4.78 is 41.0. The lowest BCUT2D eigenvalue weighted by atomic mass is 10.1. The van der Waals surface area contributed by atoms with Crippen LogP contribution in [0.5, 0.6) is 0 Å². The van der Waals surface area contributed by atoms with E-state index in [9.17, 15) is 17.6 Å². The monoisotopic (exact) mass is 421 g/mol. The molecular formula is C22H16FN3O3S. The summed E-state index contributed by atoms with van der Waals surface area (Å²) >= 11 is 0. The number of amides is 1. The molecule has 0 aliphatic rings. The minimum atomic E-state index is -4.14. The predicted molar refractivity (Wildman–Crippen MR) is 111 cm³/mol. The van der Waals surface area contributed by atoms with Gasteiger partial charge in [0.2, 0.25) is 0 Å². The summed E-state index contributed by atoms with van der Waals surface area (Å²) in [5.74, 6) is -1.24. The molecule has 1 aromatic heterocycles. The van der Waals surface area contributed by atoms with Gasteiger partial charge in [-0.15, -0.1) is 0 Å². The van der Waals surface area contributed by atoms with Gasteiger partial charge in [-0.05, 0) is 42.0 Å². The number of aromatic nitrogens is 2. The lowest BCUT2D eigenvalue weighted by Crippen LogP contribution is -2.31. The van der Waals surface area contributed by atoms with Crippen LogP contribution in [0, 0.1) is 5.82 Å². The van der Waals surface area contributed by atoms with Crippen LogP contribution in [0.4, 0.5) is 4.39 Å². The number of hydrogen-bond acceptors (Lipinski definition) is 4. The van der Waals surface area contributed by atoms with Crippen molar-refractivity contribution in [3.63, 3.8) is 0 Å². The van der Waals surface area contributed by atoms with Gasteiger partial charge in [-0.2, -0.15) is 5.10 Å². The van der Waals surface area contributed by atoms with Crippen LogP contribution in [0.2, 0.25) is 0 Å². The summed E-state index contributed by atoms with van der Waals surface area (Å²) in [7, 11) is -4.14. The third-order valence-corrected chi connectivity index (χ3v) is 5.84. The second-order valence-electron chi connectivity index (χ2n) is 6.47. The Kier molecular flexibility index (Phi) is 5.16. The van der Waals surface area contributed by atoms with Crippen LogP contribution in [-0.2, 0) is 10.0 Å². The van der Waals surface area contributed by atoms with E-state index >= 15 is 0 Å². The molecule has 0 saturated carbocycles. The third kappa shape index (κ3) is 3.99. The van der Waals surface area contributed by atoms with E-state index in [1.165, 1.54) is 36.4 Å². The smallest absolute Gasteiger partial charge is 0.272 e. The van der Waals surface area contributed by atoms with Crippen LogP contribution in [0.25, 0.3) is 22.4 Å². The first kappa shape index (κ1) is 19.5. The number of nitrogens with zero attached hydrogens (tertiary/aromatic N) is 1. The molecule has 0 atom stereocenters. The van der Waals surface area contributed by atoms with E-state index < -0.39 is 21.7 Å². The van der Waals surface area contributed by atoms with Crippen LogP contribution in [0.3, 0.4) is 0 Å². The lowest BCUT2D eigenvalue weighted by molar-refractivity contribution is 0.0976. The van der Waals surface area contributed by atoms with E-state index in [-0.39, 0.29) is 10.6 Å². The van der Waals surface area contributed by atoms with Gasteiger partial charge in [0.15, 0.2) is 0 Å². The first-order chi connectivity index (χ1) is 14.4. The number of carbonyl (C=O) groups is 1. The van der Waals surface area contributed by atoms with Crippen molar-refractivity contribution in [2.24, 2.45) is 0 Å². The maximum absolute atomic E-state index is 13.1. The first-order valence-corrected chi connectivity index (χ1v) is 10.5. The fourth-order valence-electron chi connectivity index (χ4n) is 3.00. The predicted octanol–water partition coefficient (Wildman–Crippen LogP) is 4.00. The lowest BCUT2D eigenvalue weighted by Gasteiger charge is -2.11. The summed E-state index contributed by atoms with van der Waals surface area (Å²) in [6.45, 7) is 0. The Morgan fingerprint density at radius 1 is 0.867 bits per heavy atom. The molecule has 0 unspecified atom stereocenters. The molecule has 0 aliphatic carbocycles. The zero-order valence-corrected chi connectivity index (χ0v) is 16.4. The largest absolute Gasteiger partial charge is 0.283 e. The van der Waals surface area contributed by atoms with Crippen molar-refractivity contribution in [2.45, 2.75) is 4.90 Å². The number of rotatable bonds is 5. The summed E-state index contributed by atoms with van der Waals surface area (Å²) in [6, 6.07) is 22.4. The van der Waals surface area contributed by atoms with Crippen LogP contribution >= 0.6 is 0 Å². The molecule has 0 radical (unpaired) electrons. The van der Waals surface area contributed by atoms with Gasteiger partial charge in [-0.3, -0.25) is 9.89 Å². The molecule has 4 aromatic rings. The van der Waals surface area contributed by atoms with Crippen LogP contribution in [-0.4, -0.2) is 24.5 Å². The van der Waals surface area contributed by atoms with Crippen molar-refractivity contribution in [3.05, 3.63) is 96.4 Å². The third-order valence-electron chi connectivity index (χ3n) is 4.45. The Labute approximate surface area is 172 Å². The number of carbonyl (C=O) groups excluding carboxylic acids is 1. The molecule has 0 bridgehead atoms. The molecule has 1 amide bonds. The van der Waals surface area contributed by atoms with Gasteiger partial charge in [0.25, 0.3) is 15.9 Å². The number of benzene rings is 3. The molecule has 4 rings (SSSR count). The van der Waals surface area contributed by atoms with E-state index in [4.69, 9.17) is 0 Å². The van der Waals surface area contributed by atoms with Crippen LogP contribution in [0.1, 0.15) is 10.5 Å². The van der Waals surface area contributed by atoms with Crippen LogP contribution < -0.4 is 4.72 Å². The summed E-state index contributed by atoms with van der Waals surface area (Å²) in [4.78, 5) is 12.5. The van der Waals surface area contributed by atoms with Gasteiger partial charge < -0.3 is 0 Å². The van der Waals surface area contributed by atoms with Crippen molar-refractivity contribution in [1.82, 2.24) is 14.9 Å². The molecule has 0 fully saturated rings. The molecule has 30 heavy (non-hydrogen) atoms. The Morgan fingerprint density at radius 3 is 2.27 bits per heavy atom. The van der Waals surface area contributed by atoms with E-state index in [1.807, 2.05) is 6.07 Å². The van der Waals surface area contributed by atoms with Crippen molar-refractivity contribution in [2.75, 3.05) is 0 Å². The molecule has 1 heterocycles. The average Bonchev–Trinajstić information content (AvgIpc) is 3.25. The van der Waals surface area contributed by atoms with Crippen molar-refractivity contribution in [1.29, 1.82) is 0 Å². The van der Waals surface area contributed by atoms with Gasteiger partial charge in [-0.1, -0.05) is 48.5 Å². The minimum Gasteiger partial charge on any atom is -0.272 e. The van der Waals surface area contributed by atoms with Gasteiger partial charge in [0, 0.05) is 11.1 Å². The highest BCUT2D eigenvalue weighted by Gasteiger charge is 2.23. The standard InChI is InChI=1S/C22H16FN3O3S/c23-17-12-10-16(11-13-17)19-14-20(25-24-19)22(27)26-30(28,29)21-9-5-4-8-18(21)15-6-2-1-3-7-15/h1-14H,(H,24,25)(H,26,27). The summed E-state index contributed by atoms with van der Waals surface area (Å²) in [5.41, 5.74) is 2.14. The Morgan fingerprint density at radius 2 is 1.53 bits per heavy atom. The number of H-pyrrole nitrogens is 1. The molecule has 2 N–H and O–H groups in total. The first-order valence-electron chi connectivity index (χ1n) is 8.97. The van der Waals surface area contributed by atoms with E-state index in [1.54, 1.807) is 42.5 Å². The van der Waals surface area contributed by atoms with Crippen LogP contribution in [0.15, 0.2) is 89.8 Å². The second kappa shape index (κ2) is 7.92. The molecule has 3 aromatic carbocycles. The van der Waals surface area contributed by atoms with E-state index in [0.717, 1.165) is 0 Å². The van der Waals surface area contributed by atoms with Crippen molar-refractivity contribution >= 4 is 15.9 Å². The minimum absolute atomic E-state index is 0.0113. The maximum atomic E-state index is 13.1. The Hall–Kier alpha value is -3.78. The molecule has 150 valence electrons. The fourth-order valence-corrected chi connectivity index (χ4v) is 4.19. The van der Waals surface area contributed by atoms with Crippen molar-refractivity contribution in [3.8, 4) is 22.4 Å².